The minimum atomic E-state index is 0.721. The van der Waals surface area contributed by atoms with Crippen LogP contribution in [0.25, 0.3) is 6.08 Å². The van der Waals surface area contributed by atoms with Crippen LogP contribution in [0.4, 0.5) is 0 Å². The van der Waals surface area contributed by atoms with Crippen LogP contribution < -0.4 is 0 Å². The second kappa shape index (κ2) is 9.07. The molecule has 0 bridgehead atoms. The van der Waals surface area contributed by atoms with E-state index in [1.807, 2.05) is 54.1 Å². The lowest BCUT2D eigenvalue weighted by Gasteiger charge is -2.13. The van der Waals surface area contributed by atoms with Gasteiger partial charge in [-0.25, -0.2) is 0 Å². The summed E-state index contributed by atoms with van der Waals surface area (Å²) < 4.78 is 7.32. The van der Waals surface area contributed by atoms with Crippen molar-refractivity contribution < 1.29 is 4.42 Å². The molecule has 5 nitrogen and oxygen atoms in total. The second-order valence-electron chi connectivity index (χ2n) is 5.95. The summed E-state index contributed by atoms with van der Waals surface area (Å²) in [4.78, 5) is 2.17. The number of aromatic nitrogens is 3. The van der Waals surface area contributed by atoms with Gasteiger partial charge in [0.05, 0.1) is 12.8 Å². The average molecular weight is 389 g/mol. The number of nitrogens with zero attached hydrogens (tertiary/aromatic N) is 4. The van der Waals surface area contributed by atoms with Gasteiger partial charge in [0, 0.05) is 24.4 Å². The van der Waals surface area contributed by atoms with Crippen molar-refractivity contribution in [2.24, 2.45) is 7.05 Å². The molecular formula is C19H21ClN4OS. The van der Waals surface area contributed by atoms with Crippen molar-refractivity contribution in [1.29, 1.82) is 0 Å². The maximum Gasteiger partial charge on any atom is 0.191 e. The van der Waals surface area contributed by atoms with Gasteiger partial charge < -0.3 is 8.98 Å². The monoisotopic (exact) mass is 388 g/mol. The van der Waals surface area contributed by atoms with Crippen LogP contribution in [0.2, 0.25) is 5.02 Å². The molecule has 136 valence electrons. The van der Waals surface area contributed by atoms with E-state index >= 15 is 0 Å². The van der Waals surface area contributed by atoms with Gasteiger partial charge in [-0.05, 0) is 36.9 Å². The van der Waals surface area contributed by atoms with E-state index in [0.717, 1.165) is 46.2 Å². The first-order valence-electron chi connectivity index (χ1n) is 8.26. The second-order valence-corrected chi connectivity index (χ2v) is 7.30. The zero-order chi connectivity index (χ0) is 18.4. The number of hydrogen-bond acceptors (Lipinski definition) is 5. The third-order valence-corrected chi connectivity index (χ3v) is 5.33. The Hall–Kier alpha value is -2.02. The van der Waals surface area contributed by atoms with Crippen LogP contribution in [0.1, 0.15) is 17.1 Å². The van der Waals surface area contributed by atoms with Gasteiger partial charge in [0.1, 0.15) is 11.6 Å². The van der Waals surface area contributed by atoms with Crippen molar-refractivity contribution in [3.63, 3.8) is 0 Å². The fraction of sp³-hybridized carbons (Fsp3) is 0.263. The van der Waals surface area contributed by atoms with E-state index in [9.17, 15) is 0 Å². The molecule has 1 aromatic carbocycles. The van der Waals surface area contributed by atoms with E-state index in [-0.39, 0.29) is 0 Å². The van der Waals surface area contributed by atoms with Gasteiger partial charge in [0.15, 0.2) is 5.16 Å². The third kappa shape index (κ3) is 5.00. The lowest BCUT2D eigenvalue weighted by Crippen LogP contribution is -2.20. The molecule has 0 aliphatic carbocycles. The number of likely N-dealkylation sites (N-methyl/N-ethyl adjacent to an activating group) is 1. The minimum absolute atomic E-state index is 0.721. The standard InChI is InChI=1S/C19H21ClN4OS/c1-23(11-5-8-16-9-6-12-25-16)13-18-21-22-19(24(18)2)26-14-15-7-3-4-10-17(15)20/h3-10,12H,11,13-14H2,1-2H3. The topological polar surface area (TPSA) is 47.1 Å². The molecule has 0 atom stereocenters. The molecular weight excluding hydrogens is 368 g/mol. The average Bonchev–Trinajstić information content (AvgIpc) is 3.26. The van der Waals surface area contributed by atoms with Crippen molar-refractivity contribution in [3.05, 3.63) is 70.9 Å². The molecule has 0 fully saturated rings. The normalized spacial score (nSPS) is 11.7. The van der Waals surface area contributed by atoms with Crippen LogP contribution in [-0.2, 0) is 19.3 Å². The number of hydrogen-bond donors (Lipinski definition) is 0. The summed E-state index contributed by atoms with van der Waals surface area (Å²) in [6, 6.07) is 11.7. The van der Waals surface area contributed by atoms with Crippen LogP contribution in [0.5, 0.6) is 0 Å². The Bertz CT molecular complexity index is 860. The van der Waals surface area contributed by atoms with Crippen LogP contribution in [-0.4, -0.2) is 33.3 Å². The SMILES string of the molecule is CN(CC=Cc1ccco1)Cc1nnc(SCc2ccccc2Cl)n1C. The largest absolute Gasteiger partial charge is 0.465 e. The molecule has 0 saturated heterocycles. The first-order valence-corrected chi connectivity index (χ1v) is 9.63. The van der Waals surface area contributed by atoms with E-state index < -0.39 is 0 Å². The van der Waals surface area contributed by atoms with Crippen molar-refractivity contribution in [2.45, 2.75) is 17.5 Å². The molecule has 3 aromatic rings. The van der Waals surface area contributed by atoms with Crippen molar-refractivity contribution in [1.82, 2.24) is 19.7 Å². The molecule has 0 radical (unpaired) electrons. The summed E-state index contributed by atoms with van der Waals surface area (Å²) >= 11 is 7.85. The van der Waals surface area contributed by atoms with Gasteiger partial charge in [-0.3, -0.25) is 4.90 Å². The predicted molar refractivity (Wildman–Crippen MR) is 106 cm³/mol. The highest BCUT2D eigenvalue weighted by Crippen LogP contribution is 2.25. The Labute approximate surface area is 162 Å². The Morgan fingerprint density at radius 1 is 1.23 bits per heavy atom. The van der Waals surface area contributed by atoms with Gasteiger partial charge in [-0.15, -0.1) is 10.2 Å². The van der Waals surface area contributed by atoms with Crippen LogP contribution in [0, 0.1) is 0 Å². The number of rotatable bonds is 8. The minimum Gasteiger partial charge on any atom is -0.465 e. The molecule has 0 saturated carbocycles. The molecule has 26 heavy (non-hydrogen) atoms. The van der Waals surface area contributed by atoms with Crippen LogP contribution >= 0.6 is 23.4 Å². The molecule has 0 N–H and O–H groups in total. The first kappa shape index (κ1) is 18.8. The lowest BCUT2D eigenvalue weighted by molar-refractivity contribution is 0.347. The van der Waals surface area contributed by atoms with Crippen molar-refractivity contribution in [3.8, 4) is 0 Å². The molecule has 2 heterocycles. The Balaban J connectivity index is 1.54. The zero-order valence-electron chi connectivity index (χ0n) is 14.8. The first-order chi connectivity index (χ1) is 12.6. The highest BCUT2D eigenvalue weighted by Gasteiger charge is 2.11. The summed E-state index contributed by atoms with van der Waals surface area (Å²) in [5.41, 5.74) is 1.10. The molecule has 0 aliphatic heterocycles. The Kier molecular flexibility index (Phi) is 6.55. The molecule has 7 heteroatoms. The van der Waals surface area contributed by atoms with Gasteiger partial charge in [-0.2, -0.15) is 0 Å². The molecule has 0 spiro atoms. The summed E-state index contributed by atoms with van der Waals surface area (Å²) in [5, 5.41) is 10.3. The predicted octanol–water partition coefficient (Wildman–Crippen LogP) is 4.50. The van der Waals surface area contributed by atoms with E-state index in [2.05, 4.69) is 28.2 Å². The number of furan rings is 1. The van der Waals surface area contributed by atoms with Crippen LogP contribution in [0.3, 0.4) is 0 Å². The Morgan fingerprint density at radius 2 is 2.08 bits per heavy atom. The molecule has 0 amide bonds. The van der Waals surface area contributed by atoms with Crippen molar-refractivity contribution >= 4 is 29.4 Å². The number of thioether (sulfide) groups is 1. The van der Waals surface area contributed by atoms with Gasteiger partial charge >= 0.3 is 0 Å². The molecule has 0 unspecified atom stereocenters. The number of benzene rings is 1. The van der Waals surface area contributed by atoms with Crippen molar-refractivity contribution in [2.75, 3.05) is 13.6 Å². The van der Waals surface area contributed by atoms with E-state index in [4.69, 9.17) is 16.0 Å². The van der Waals surface area contributed by atoms with Gasteiger partial charge in [0.25, 0.3) is 0 Å². The molecule has 3 rings (SSSR count). The smallest absolute Gasteiger partial charge is 0.191 e. The summed E-state index contributed by atoms with van der Waals surface area (Å²) in [6.07, 6.45) is 5.71. The fourth-order valence-electron chi connectivity index (χ4n) is 2.41. The lowest BCUT2D eigenvalue weighted by atomic mass is 10.2. The highest BCUT2D eigenvalue weighted by atomic mass is 35.5. The summed E-state index contributed by atoms with van der Waals surface area (Å²) in [5.74, 6) is 2.56. The molecule has 0 aliphatic rings. The maximum absolute atomic E-state index is 6.21. The highest BCUT2D eigenvalue weighted by molar-refractivity contribution is 7.98. The number of halogens is 1. The zero-order valence-corrected chi connectivity index (χ0v) is 16.4. The molecule has 2 aromatic heterocycles. The van der Waals surface area contributed by atoms with Gasteiger partial charge in [-0.1, -0.05) is 47.6 Å². The summed E-state index contributed by atoms with van der Waals surface area (Å²) in [6.45, 7) is 1.52. The maximum atomic E-state index is 6.21. The van der Waals surface area contributed by atoms with E-state index in [1.165, 1.54) is 0 Å². The van der Waals surface area contributed by atoms with E-state index in [1.54, 1.807) is 18.0 Å². The fourth-order valence-corrected chi connectivity index (χ4v) is 3.62. The third-order valence-electron chi connectivity index (χ3n) is 3.89. The quantitative estimate of drug-likeness (QED) is 0.532. The van der Waals surface area contributed by atoms with Crippen LogP contribution in [0.15, 0.2) is 58.3 Å². The van der Waals surface area contributed by atoms with E-state index in [0.29, 0.717) is 0 Å². The van der Waals surface area contributed by atoms with Gasteiger partial charge in [0.2, 0.25) is 0 Å². The Morgan fingerprint density at radius 3 is 2.85 bits per heavy atom. The summed E-state index contributed by atoms with van der Waals surface area (Å²) in [7, 11) is 4.05.